The highest BCUT2D eigenvalue weighted by Crippen LogP contribution is 2.37. The lowest BCUT2D eigenvalue weighted by atomic mass is 10.2. The first-order valence-electron chi connectivity index (χ1n) is 6.53. The van der Waals surface area contributed by atoms with Crippen LogP contribution in [0.15, 0.2) is 36.8 Å². The summed E-state index contributed by atoms with van der Waals surface area (Å²) in [5.74, 6) is 0. The summed E-state index contributed by atoms with van der Waals surface area (Å²) in [6.07, 6.45) is 5.68. The van der Waals surface area contributed by atoms with E-state index in [9.17, 15) is 0 Å². The normalized spacial score (nSPS) is 13.1. The molecule has 5 heterocycles. The summed E-state index contributed by atoms with van der Waals surface area (Å²) in [4.78, 5) is 10.1. The van der Waals surface area contributed by atoms with E-state index < -0.39 is 0 Å². The fourth-order valence-electron chi connectivity index (χ4n) is 3.12. The molecule has 1 aliphatic heterocycles. The smallest absolute Gasteiger partial charge is 0.291 e. The molecule has 0 atom stereocenters. The molecule has 0 bridgehead atoms. The van der Waals surface area contributed by atoms with Crippen molar-refractivity contribution in [2.24, 2.45) is 7.05 Å². The molecule has 20 heavy (non-hydrogen) atoms. The quantitative estimate of drug-likeness (QED) is 0.408. The van der Waals surface area contributed by atoms with Gasteiger partial charge in [0.25, 0.3) is 10.5 Å². The first kappa shape index (κ1) is 10.5. The van der Waals surface area contributed by atoms with Gasteiger partial charge in [-0.3, -0.25) is 4.98 Å². The highest BCUT2D eigenvalue weighted by molar-refractivity contribution is 7.21. The van der Waals surface area contributed by atoms with Crippen LogP contribution in [0.25, 0.3) is 32.0 Å². The minimum absolute atomic E-state index is 0.917. The Labute approximate surface area is 119 Å². The number of hydrogen-bond acceptors (Lipinski definition) is 3. The number of hydrogen-bond donors (Lipinski definition) is 0. The van der Waals surface area contributed by atoms with Gasteiger partial charge in [0.2, 0.25) is 0 Å². The van der Waals surface area contributed by atoms with Crippen LogP contribution in [0.2, 0.25) is 0 Å². The van der Waals surface area contributed by atoms with Crippen LogP contribution in [-0.2, 0) is 13.6 Å². The number of aryl methyl sites for hydroxylation is 1. The maximum atomic E-state index is 4.55. The zero-order chi connectivity index (χ0) is 13.3. The Kier molecular flexibility index (Phi) is 1.80. The highest BCUT2D eigenvalue weighted by Gasteiger charge is 2.35. The van der Waals surface area contributed by atoms with Gasteiger partial charge >= 0.3 is 0 Å². The molecule has 4 aromatic rings. The van der Waals surface area contributed by atoms with Crippen LogP contribution in [0.3, 0.4) is 0 Å². The van der Waals surface area contributed by atoms with Crippen LogP contribution in [0, 0.1) is 0 Å². The summed E-state index contributed by atoms with van der Waals surface area (Å²) >= 11 is 1.82. The van der Waals surface area contributed by atoms with Crippen LogP contribution in [0.1, 0.15) is 5.56 Å². The average Bonchev–Trinajstić information content (AvgIpc) is 3.09. The van der Waals surface area contributed by atoms with Gasteiger partial charge in [-0.2, -0.15) is 4.57 Å². The Bertz CT molecular complexity index is 996. The molecule has 4 nitrogen and oxygen atoms in total. The second-order valence-corrected chi connectivity index (χ2v) is 6.09. The zero-order valence-electron chi connectivity index (χ0n) is 10.9. The van der Waals surface area contributed by atoms with Crippen molar-refractivity contribution in [1.29, 1.82) is 0 Å². The Balaban J connectivity index is 1.97. The molecule has 0 aromatic carbocycles. The number of nitrogens with zero attached hydrogens (tertiary/aromatic N) is 4. The van der Waals surface area contributed by atoms with Gasteiger partial charge in [0.15, 0.2) is 17.1 Å². The molecule has 0 spiro atoms. The monoisotopic (exact) mass is 279 g/mol. The Hall–Kier alpha value is -2.27. The minimum Gasteiger partial charge on any atom is -0.329 e. The minimum atomic E-state index is 0.917. The fraction of sp³-hybridized carbons (Fsp3) is 0.133. The van der Waals surface area contributed by atoms with Crippen molar-refractivity contribution in [3.05, 3.63) is 42.4 Å². The molecule has 0 aliphatic carbocycles. The number of aromatic nitrogens is 4. The van der Waals surface area contributed by atoms with Crippen molar-refractivity contribution in [2.45, 2.75) is 6.54 Å². The van der Waals surface area contributed by atoms with Crippen LogP contribution in [0.5, 0.6) is 0 Å². The highest BCUT2D eigenvalue weighted by atomic mass is 32.1. The Morgan fingerprint density at radius 3 is 3.20 bits per heavy atom. The fourth-order valence-corrected chi connectivity index (χ4v) is 4.40. The van der Waals surface area contributed by atoms with Gasteiger partial charge < -0.3 is 4.57 Å². The summed E-state index contributed by atoms with van der Waals surface area (Å²) in [5, 5.41) is 2.53. The van der Waals surface area contributed by atoms with Gasteiger partial charge in [0.05, 0.1) is 22.7 Å². The molecule has 0 saturated carbocycles. The lowest BCUT2D eigenvalue weighted by Gasteiger charge is -1.93. The molecule has 0 N–H and O–H groups in total. The van der Waals surface area contributed by atoms with Crippen molar-refractivity contribution in [2.75, 3.05) is 0 Å². The summed E-state index contributed by atoms with van der Waals surface area (Å²) in [6, 6.07) is 6.29. The average molecular weight is 279 g/mol. The van der Waals surface area contributed by atoms with Gasteiger partial charge in [-0.25, -0.2) is 4.98 Å². The van der Waals surface area contributed by atoms with E-state index in [4.69, 9.17) is 0 Å². The summed E-state index contributed by atoms with van der Waals surface area (Å²) in [6.45, 7) is 0.917. The number of fused-ring (bicyclic) bond motifs is 7. The number of thiazole rings is 1. The maximum absolute atomic E-state index is 4.55. The third-order valence-electron chi connectivity index (χ3n) is 4.05. The first-order chi connectivity index (χ1) is 9.84. The molecule has 0 amide bonds. The van der Waals surface area contributed by atoms with Crippen molar-refractivity contribution in [1.82, 2.24) is 14.5 Å². The van der Waals surface area contributed by atoms with E-state index in [2.05, 4.69) is 38.3 Å². The van der Waals surface area contributed by atoms with E-state index in [0.29, 0.717) is 0 Å². The largest absolute Gasteiger partial charge is 0.329 e. The van der Waals surface area contributed by atoms with Crippen molar-refractivity contribution >= 4 is 32.6 Å². The molecule has 0 unspecified atom stereocenters. The molecular weight excluding hydrogens is 268 g/mol. The van der Waals surface area contributed by atoms with Gasteiger partial charge in [0, 0.05) is 19.4 Å². The maximum Gasteiger partial charge on any atom is 0.291 e. The van der Waals surface area contributed by atoms with Crippen molar-refractivity contribution in [3.8, 4) is 10.7 Å². The van der Waals surface area contributed by atoms with Crippen LogP contribution in [0.4, 0.5) is 0 Å². The van der Waals surface area contributed by atoms with Crippen molar-refractivity contribution < 1.29 is 4.57 Å². The van der Waals surface area contributed by atoms with E-state index >= 15 is 0 Å². The van der Waals surface area contributed by atoms with E-state index in [-0.39, 0.29) is 0 Å². The predicted molar refractivity (Wildman–Crippen MR) is 78.6 cm³/mol. The topological polar surface area (TPSA) is 34.6 Å². The lowest BCUT2D eigenvalue weighted by molar-refractivity contribution is -0.641. The lowest BCUT2D eigenvalue weighted by Crippen LogP contribution is -2.30. The number of pyridine rings is 2. The second-order valence-electron chi connectivity index (χ2n) is 5.11. The standard InChI is InChI=1S/C15H11N4S/c1-18-11-7-16-6-4-10(11)13-15(18)20-14-12-9(8-19(13)14)3-2-5-17-12/h2-7H,8H2,1H3/q+1. The molecular formula is C15H11N4S+. The second kappa shape index (κ2) is 3.43. The third kappa shape index (κ3) is 1.10. The van der Waals surface area contributed by atoms with Gasteiger partial charge in [-0.05, 0) is 29.5 Å². The summed E-state index contributed by atoms with van der Waals surface area (Å²) in [5.41, 5.74) is 4.94. The molecule has 5 rings (SSSR count). The van der Waals surface area contributed by atoms with Gasteiger partial charge in [0.1, 0.15) is 0 Å². The van der Waals surface area contributed by atoms with Gasteiger partial charge in [-0.1, -0.05) is 0 Å². The molecule has 0 fully saturated rings. The molecule has 0 saturated heterocycles. The van der Waals surface area contributed by atoms with Crippen LogP contribution in [-0.4, -0.2) is 14.5 Å². The molecule has 4 aromatic heterocycles. The van der Waals surface area contributed by atoms with E-state index in [1.54, 1.807) is 0 Å². The summed E-state index contributed by atoms with van der Waals surface area (Å²) < 4.78 is 4.62. The molecule has 1 aliphatic rings. The molecule has 0 radical (unpaired) electrons. The van der Waals surface area contributed by atoms with Crippen molar-refractivity contribution in [3.63, 3.8) is 0 Å². The number of rotatable bonds is 0. The van der Waals surface area contributed by atoms with Crippen LogP contribution >= 0.6 is 11.3 Å². The SMILES string of the molecule is Cn1c2cnccc2c2c1sc1[n+]2Cc2cccnc2-1. The van der Waals surface area contributed by atoms with Crippen LogP contribution < -0.4 is 4.57 Å². The Morgan fingerprint density at radius 2 is 2.25 bits per heavy atom. The molecule has 96 valence electrons. The summed E-state index contributed by atoms with van der Waals surface area (Å²) in [7, 11) is 2.11. The Morgan fingerprint density at radius 1 is 1.30 bits per heavy atom. The first-order valence-corrected chi connectivity index (χ1v) is 7.35. The van der Waals surface area contributed by atoms with E-state index in [1.165, 1.54) is 31.8 Å². The van der Waals surface area contributed by atoms with Gasteiger partial charge in [-0.15, -0.1) is 0 Å². The third-order valence-corrected chi connectivity index (χ3v) is 5.32. The zero-order valence-corrected chi connectivity index (χ0v) is 11.7. The molecule has 5 heteroatoms. The predicted octanol–water partition coefficient (Wildman–Crippen LogP) is 2.50. The van der Waals surface area contributed by atoms with E-state index in [1.807, 2.05) is 36.0 Å². The van der Waals surface area contributed by atoms with E-state index in [0.717, 1.165) is 12.2 Å².